The Hall–Kier alpha value is -1.66. The summed E-state index contributed by atoms with van der Waals surface area (Å²) >= 11 is 0. The van der Waals surface area contributed by atoms with Gasteiger partial charge in [-0.1, -0.05) is 237 Å². The van der Waals surface area contributed by atoms with Gasteiger partial charge < -0.3 is 20.3 Å². The van der Waals surface area contributed by atoms with E-state index in [2.05, 4.69) is 43.5 Å². The van der Waals surface area contributed by atoms with E-state index in [4.69, 9.17) is 4.74 Å². The van der Waals surface area contributed by atoms with Gasteiger partial charge in [-0.3, -0.25) is 9.59 Å². The first-order chi connectivity index (χ1) is 29.5. The average molecular weight is 846 g/mol. The molecule has 2 unspecified atom stereocenters. The molecule has 6 nitrogen and oxygen atoms in total. The van der Waals surface area contributed by atoms with Gasteiger partial charge in [0.15, 0.2) is 0 Å². The molecule has 0 bridgehead atoms. The second-order valence-electron chi connectivity index (χ2n) is 18.2. The predicted molar refractivity (Wildman–Crippen MR) is 260 cm³/mol. The Morgan fingerprint density at radius 1 is 0.467 bits per heavy atom. The van der Waals surface area contributed by atoms with E-state index in [0.29, 0.717) is 25.9 Å². The molecule has 1 amide bonds. The van der Waals surface area contributed by atoms with Crippen LogP contribution in [0, 0.1) is 0 Å². The van der Waals surface area contributed by atoms with Crippen LogP contribution in [0.2, 0.25) is 0 Å². The van der Waals surface area contributed by atoms with Crippen molar-refractivity contribution in [1.29, 1.82) is 0 Å². The van der Waals surface area contributed by atoms with E-state index >= 15 is 0 Å². The zero-order valence-corrected chi connectivity index (χ0v) is 40.2. The van der Waals surface area contributed by atoms with Crippen LogP contribution in [0.5, 0.6) is 0 Å². The van der Waals surface area contributed by atoms with Gasteiger partial charge in [-0.05, 0) is 57.8 Å². The molecule has 0 aliphatic rings. The minimum atomic E-state index is -0.666. The second kappa shape index (κ2) is 50.0. The molecule has 0 heterocycles. The summed E-state index contributed by atoms with van der Waals surface area (Å²) in [6.07, 6.45) is 58.7. The molecule has 6 heteroatoms. The molecule has 0 aromatic rings. The molecule has 0 saturated heterocycles. The number of rotatable bonds is 49. The molecule has 0 aliphatic heterocycles. The van der Waals surface area contributed by atoms with Gasteiger partial charge in [0, 0.05) is 12.8 Å². The molecule has 3 N–H and O–H groups in total. The van der Waals surface area contributed by atoms with Crippen molar-refractivity contribution in [2.75, 3.05) is 13.2 Å². The maximum Gasteiger partial charge on any atom is 0.305 e. The SMILES string of the molecule is CCCCCC/C=C\C/C=C\CCCCCCCCCC(=O)OCCCCCCCCCCCCCCCCCCC(=O)NC(CO)C(O)CCCCCCCCCCC. The lowest BCUT2D eigenvalue weighted by Gasteiger charge is -2.22. The lowest BCUT2D eigenvalue weighted by molar-refractivity contribution is -0.143. The van der Waals surface area contributed by atoms with Crippen molar-refractivity contribution in [2.24, 2.45) is 0 Å². The van der Waals surface area contributed by atoms with Crippen molar-refractivity contribution in [3.8, 4) is 0 Å². The quantitative estimate of drug-likeness (QED) is 0.0322. The molecule has 0 fully saturated rings. The average Bonchev–Trinajstić information content (AvgIpc) is 3.25. The minimum absolute atomic E-state index is 0.00449. The van der Waals surface area contributed by atoms with Crippen molar-refractivity contribution in [3.63, 3.8) is 0 Å². The van der Waals surface area contributed by atoms with Gasteiger partial charge in [0.05, 0.1) is 25.4 Å². The largest absolute Gasteiger partial charge is 0.466 e. The molecule has 0 saturated carbocycles. The number of carbonyl (C=O) groups excluding carboxylic acids is 2. The van der Waals surface area contributed by atoms with Crippen molar-refractivity contribution in [3.05, 3.63) is 24.3 Å². The summed E-state index contributed by atoms with van der Waals surface area (Å²) in [4.78, 5) is 24.4. The summed E-state index contributed by atoms with van der Waals surface area (Å²) in [6, 6.07) is -0.544. The van der Waals surface area contributed by atoms with Gasteiger partial charge in [-0.2, -0.15) is 0 Å². The Kier molecular flexibility index (Phi) is 48.6. The number of nitrogens with one attached hydrogen (secondary N) is 1. The summed E-state index contributed by atoms with van der Waals surface area (Å²) in [6.45, 7) is 4.90. The van der Waals surface area contributed by atoms with Crippen LogP contribution in [-0.4, -0.2) is 47.4 Å². The minimum Gasteiger partial charge on any atom is -0.466 e. The zero-order chi connectivity index (χ0) is 43.7. The predicted octanol–water partition coefficient (Wildman–Crippen LogP) is 15.9. The Balaban J connectivity index is 3.39. The monoisotopic (exact) mass is 846 g/mol. The number of hydrogen-bond donors (Lipinski definition) is 3. The maximum atomic E-state index is 12.4. The highest BCUT2D eigenvalue weighted by Gasteiger charge is 2.20. The van der Waals surface area contributed by atoms with Gasteiger partial charge in [-0.15, -0.1) is 0 Å². The van der Waals surface area contributed by atoms with Gasteiger partial charge >= 0.3 is 5.97 Å². The lowest BCUT2D eigenvalue weighted by atomic mass is 10.0. The van der Waals surface area contributed by atoms with Crippen LogP contribution in [-0.2, 0) is 14.3 Å². The molecular formula is C54H103NO5. The van der Waals surface area contributed by atoms with Crippen molar-refractivity contribution >= 4 is 11.9 Å². The third-order valence-corrected chi connectivity index (χ3v) is 12.3. The van der Waals surface area contributed by atoms with Crippen LogP contribution in [0.1, 0.15) is 284 Å². The first-order valence-electron chi connectivity index (χ1n) is 26.6. The Labute approximate surface area is 373 Å². The number of aliphatic hydroxyl groups excluding tert-OH is 2. The van der Waals surface area contributed by atoms with Crippen LogP contribution >= 0.6 is 0 Å². The summed E-state index contributed by atoms with van der Waals surface area (Å²) in [5.74, 6) is -0.0490. The van der Waals surface area contributed by atoms with E-state index in [1.165, 1.54) is 199 Å². The number of allylic oxidation sites excluding steroid dienone is 4. The van der Waals surface area contributed by atoms with E-state index in [0.717, 1.165) is 51.4 Å². The fourth-order valence-corrected chi connectivity index (χ4v) is 8.14. The molecule has 0 aromatic heterocycles. The van der Waals surface area contributed by atoms with E-state index in [1.54, 1.807) is 0 Å². The third-order valence-electron chi connectivity index (χ3n) is 12.3. The van der Waals surface area contributed by atoms with Gasteiger partial charge in [0.1, 0.15) is 0 Å². The van der Waals surface area contributed by atoms with E-state index < -0.39 is 12.1 Å². The van der Waals surface area contributed by atoms with Crippen molar-refractivity contribution < 1.29 is 24.5 Å². The normalized spacial score (nSPS) is 12.8. The number of ether oxygens (including phenoxy) is 1. The first-order valence-corrected chi connectivity index (χ1v) is 26.6. The molecule has 0 spiro atoms. The second-order valence-corrected chi connectivity index (χ2v) is 18.2. The summed E-state index contributed by atoms with van der Waals surface area (Å²) in [7, 11) is 0. The summed E-state index contributed by atoms with van der Waals surface area (Å²) < 4.78 is 5.48. The zero-order valence-electron chi connectivity index (χ0n) is 40.2. The lowest BCUT2D eigenvalue weighted by Crippen LogP contribution is -2.45. The fourth-order valence-electron chi connectivity index (χ4n) is 8.14. The van der Waals surface area contributed by atoms with Crippen LogP contribution in [0.4, 0.5) is 0 Å². The van der Waals surface area contributed by atoms with E-state index in [9.17, 15) is 19.8 Å². The fraction of sp³-hybridized carbons (Fsp3) is 0.889. The molecule has 0 aromatic carbocycles. The number of amides is 1. The molecule has 60 heavy (non-hydrogen) atoms. The van der Waals surface area contributed by atoms with Crippen LogP contribution < -0.4 is 5.32 Å². The Morgan fingerprint density at radius 2 is 0.833 bits per heavy atom. The highest BCUT2D eigenvalue weighted by atomic mass is 16.5. The first kappa shape index (κ1) is 58.3. The molecule has 0 radical (unpaired) electrons. The van der Waals surface area contributed by atoms with E-state index in [-0.39, 0.29) is 18.5 Å². The summed E-state index contributed by atoms with van der Waals surface area (Å²) in [5.41, 5.74) is 0. The smallest absolute Gasteiger partial charge is 0.305 e. The van der Waals surface area contributed by atoms with Crippen LogP contribution in [0.15, 0.2) is 24.3 Å². The van der Waals surface area contributed by atoms with Crippen molar-refractivity contribution in [2.45, 2.75) is 296 Å². The third kappa shape index (κ3) is 45.9. The molecule has 0 aliphatic carbocycles. The number of unbranched alkanes of at least 4 members (excludes halogenated alkanes) is 34. The van der Waals surface area contributed by atoms with Gasteiger partial charge in [0.25, 0.3) is 0 Å². The standard InChI is InChI=1S/C54H103NO5/c1-3-5-7-9-11-13-14-15-16-17-18-22-25-28-32-36-40-44-48-54(59)60-49-45-41-37-33-29-26-23-20-19-21-24-27-31-35-39-43-47-53(58)55-51(50-56)52(57)46-42-38-34-30-12-10-8-6-4-2/h13-14,16-17,51-52,56-57H,3-12,15,18-50H2,1-2H3,(H,55,58)/b14-13-,17-16-. The highest BCUT2D eigenvalue weighted by molar-refractivity contribution is 5.76. The molecule has 2 atom stereocenters. The number of esters is 1. The molecule has 0 rings (SSSR count). The van der Waals surface area contributed by atoms with Gasteiger partial charge in [-0.25, -0.2) is 0 Å². The van der Waals surface area contributed by atoms with Crippen LogP contribution in [0.3, 0.4) is 0 Å². The Morgan fingerprint density at radius 3 is 1.28 bits per heavy atom. The maximum absolute atomic E-state index is 12.4. The molecular weight excluding hydrogens is 743 g/mol. The number of aliphatic hydroxyl groups is 2. The van der Waals surface area contributed by atoms with Crippen LogP contribution in [0.25, 0.3) is 0 Å². The van der Waals surface area contributed by atoms with Crippen molar-refractivity contribution in [1.82, 2.24) is 5.32 Å². The Bertz CT molecular complexity index is 935. The van der Waals surface area contributed by atoms with E-state index in [1.807, 2.05) is 0 Å². The topological polar surface area (TPSA) is 95.9 Å². The van der Waals surface area contributed by atoms with Gasteiger partial charge in [0.2, 0.25) is 5.91 Å². The number of hydrogen-bond acceptors (Lipinski definition) is 5. The highest BCUT2D eigenvalue weighted by Crippen LogP contribution is 2.16. The molecule has 354 valence electrons. The number of carbonyl (C=O) groups is 2. The summed E-state index contributed by atoms with van der Waals surface area (Å²) in [5, 5.41) is 23.1.